The lowest BCUT2D eigenvalue weighted by Gasteiger charge is -2.33. The van der Waals surface area contributed by atoms with Crippen LogP contribution in [0.25, 0.3) is 0 Å². The van der Waals surface area contributed by atoms with E-state index in [0.29, 0.717) is 11.4 Å². The number of hydrogen-bond acceptors (Lipinski definition) is 5. The first-order valence-electron chi connectivity index (χ1n) is 11.9. The van der Waals surface area contributed by atoms with Crippen LogP contribution in [0.15, 0.2) is 54.6 Å². The van der Waals surface area contributed by atoms with E-state index in [-0.39, 0.29) is 18.5 Å². The third-order valence-electron chi connectivity index (χ3n) is 6.33. The van der Waals surface area contributed by atoms with Gasteiger partial charge in [0, 0.05) is 12.6 Å². The SMILES string of the molecule is COc1cccc(CN(C(=O)CN(c2ccccc2)S(C)(=O)=O)C(C)C(=O)NC2CCCCC2)c1. The van der Waals surface area contributed by atoms with E-state index in [1.54, 1.807) is 56.5 Å². The highest BCUT2D eigenvalue weighted by atomic mass is 32.2. The number of amides is 2. The maximum atomic E-state index is 13.6. The van der Waals surface area contributed by atoms with E-state index in [1.807, 2.05) is 12.1 Å². The van der Waals surface area contributed by atoms with Gasteiger partial charge in [-0.15, -0.1) is 0 Å². The Morgan fingerprint density at radius 1 is 1.06 bits per heavy atom. The number of carbonyl (C=O) groups is 2. The quantitative estimate of drug-likeness (QED) is 0.539. The van der Waals surface area contributed by atoms with Crippen molar-refractivity contribution < 1.29 is 22.7 Å². The normalized spacial score (nSPS) is 15.2. The molecule has 8 nitrogen and oxygen atoms in total. The molecule has 0 aromatic heterocycles. The largest absolute Gasteiger partial charge is 0.497 e. The van der Waals surface area contributed by atoms with Gasteiger partial charge < -0.3 is 15.0 Å². The number of nitrogens with zero attached hydrogens (tertiary/aromatic N) is 2. The second-order valence-electron chi connectivity index (χ2n) is 9.00. The van der Waals surface area contributed by atoms with Crippen molar-refractivity contribution in [2.75, 3.05) is 24.2 Å². The van der Waals surface area contributed by atoms with Crippen LogP contribution in [0, 0.1) is 0 Å². The van der Waals surface area contributed by atoms with Crippen molar-refractivity contribution in [2.24, 2.45) is 0 Å². The first-order valence-corrected chi connectivity index (χ1v) is 13.8. The summed E-state index contributed by atoms with van der Waals surface area (Å²) in [5.41, 5.74) is 1.17. The van der Waals surface area contributed by atoms with Gasteiger partial charge in [-0.1, -0.05) is 49.6 Å². The summed E-state index contributed by atoms with van der Waals surface area (Å²) < 4.78 is 31.5. The van der Waals surface area contributed by atoms with Crippen molar-refractivity contribution in [1.29, 1.82) is 0 Å². The molecular weight excluding hydrogens is 466 g/mol. The number of rotatable bonds is 10. The molecule has 35 heavy (non-hydrogen) atoms. The second-order valence-corrected chi connectivity index (χ2v) is 10.9. The van der Waals surface area contributed by atoms with E-state index >= 15 is 0 Å². The molecule has 2 amide bonds. The van der Waals surface area contributed by atoms with Crippen LogP contribution in [0.3, 0.4) is 0 Å². The van der Waals surface area contributed by atoms with Crippen molar-refractivity contribution in [1.82, 2.24) is 10.2 Å². The molecule has 0 bridgehead atoms. The summed E-state index contributed by atoms with van der Waals surface area (Å²) in [7, 11) is -2.17. The van der Waals surface area contributed by atoms with Crippen molar-refractivity contribution in [2.45, 2.75) is 57.7 Å². The van der Waals surface area contributed by atoms with Crippen LogP contribution in [0.4, 0.5) is 5.69 Å². The molecule has 1 atom stereocenters. The zero-order chi connectivity index (χ0) is 25.4. The number of anilines is 1. The summed E-state index contributed by atoms with van der Waals surface area (Å²) in [6.45, 7) is 1.42. The summed E-state index contributed by atoms with van der Waals surface area (Å²) in [6, 6.07) is 15.1. The minimum Gasteiger partial charge on any atom is -0.497 e. The third-order valence-corrected chi connectivity index (χ3v) is 7.47. The van der Waals surface area contributed by atoms with Crippen LogP contribution < -0.4 is 14.4 Å². The van der Waals surface area contributed by atoms with Gasteiger partial charge in [0.15, 0.2) is 0 Å². The molecule has 0 spiro atoms. The van der Waals surface area contributed by atoms with E-state index in [9.17, 15) is 18.0 Å². The minimum atomic E-state index is -3.73. The molecule has 1 aliphatic rings. The average Bonchev–Trinajstić information content (AvgIpc) is 2.85. The van der Waals surface area contributed by atoms with Crippen LogP contribution in [-0.2, 0) is 26.2 Å². The van der Waals surface area contributed by atoms with E-state index in [1.165, 1.54) is 11.3 Å². The number of nitrogens with one attached hydrogen (secondary N) is 1. The summed E-state index contributed by atoms with van der Waals surface area (Å²) in [5, 5.41) is 3.09. The van der Waals surface area contributed by atoms with E-state index in [4.69, 9.17) is 4.74 Å². The lowest BCUT2D eigenvalue weighted by atomic mass is 9.95. The van der Waals surface area contributed by atoms with Gasteiger partial charge in [0.1, 0.15) is 18.3 Å². The number of para-hydroxylation sites is 1. The standard InChI is InChI=1S/C26H35N3O5S/c1-20(26(31)27-22-12-6-4-7-13-22)28(18-21-11-10-16-24(17-21)34-2)25(30)19-29(35(3,32)33)23-14-8-5-9-15-23/h5,8-11,14-17,20,22H,4,6-7,12-13,18-19H2,1-3H3,(H,27,31). The second kappa shape index (κ2) is 12.1. The fraction of sp³-hybridized carbons (Fsp3) is 0.462. The average molecular weight is 502 g/mol. The highest BCUT2D eigenvalue weighted by Gasteiger charge is 2.31. The summed E-state index contributed by atoms with van der Waals surface area (Å²) in [5.74, 6) is -0.0663. The molecule has 0 heterocycles. The number of benzene rings is 2. The van der Waals surface area contributed by atoms with Crippen molar-refractivity contribution >= 4 is 27.5 Å². The summed E-state index contributed by atoms with van der Waals surface area (Å²) in [6.07, 6.45) is 6.25. The lowest BCUT2D eigenvalue weighted by Crippen LogP contribution is -2.52. The van der Waals surface area contributed by atoms with Gasteiger partial charge in [-0.05, 0) is 49.6 Å². The van der Waals surface area contributed by atoms with Gasteiger partial charge in [0.05, 0.1) is 19.1 Å². The number of methoxy groups -OCH3 is 1. The van der Waals surface area contributed by atoms with Crippen LogP contribution >= 0.6 is 0 Å². The fourth-order valence-corrected chi connectivity index (χ4v) is 5.18. The smallest absolute Gasteiger partial charge is 0.244 e. The lowest BCUT2D eigenvalue weighted by molar-refractivity contribution is -0.139. The molecule has 1 aliphatic carbocycles. The molecule has 0 aliphatic heterocycles. The van der Waals surface area contributed by atoms with Gasteiger partial charge in [0.2, 0.25) is 21.8 Å². The molecule has 190 valence electrons. The van der Waals surface area contributed by atoms with Gasteiger partial charge >= 0.3 is 0 Å². The molecule has 2 aromatic rings. The Labute approximate surface area is 208 Å². The molecule has 1 fully saturated rings. The Kier molecular flexibility index (Phi) is 9.14. The van der Waals surface area contributed by atoms with Crippen LogP contribution in [0.2, 0.25) is 0 Å². The molecule has 1 saturated carbocycles. The van der Waals surface area contributed by atoms with Crippen molar-refractivity contribution in [3.05, 3.63) is 60.2 Å². The Hall–Kier alpha value is -3.07. The molecule has 1 N–H and O–H groups in total. The zero-order valence-corrected chi connectivity index (χ0v) is 21.5. The monoisotopic (exact) mass is 501 g/mol. The Bertz CT molecular complexity index is 1100. The van der Waals surface area contributed by atoms with Gasteiger partial charge in [-0.2, -0.15) is 0 Å². The predicted molar refractivity (Wildman–Crippen MR) is 137 cm³/mol. The first kappa shape index (κ1) is 26.5. The third kappa shape index (κ3) is 7.45. The Morgan fingerprint density at radius 3 is 2.37 bits per heavy atom. The minimum absolute atomic E-state index is 0.101. The maximum absolute atomic E-state index is 13.6. The molecule has 3 rings (SSSR count). The van der Waals surface area contributed by atoms with Crippen LogP contribution in [0.1, 0.15) is 44.6 Å². The van der Waals surface area contributed by atoms with E-state index in [0.717, 1.165) is 41.8 Å². The number of ether oxygens (including phenoxy) is 1. The number of sulfonamides is 1. The summed E-state index contributed by atoms with van der Waals surface area (Å²) in [4.78, 5) is 28.2. The van der Waals surface area contributed by atoms with E-state index < -0.39 is 28.5 Å². The van der Waals surface area contributed by atoms with Crippen LogP contribution in [-0.4, -0.2) is 57.1 Å². The van der Waals surface area contributed by atoms with Crippen molar-refractivity contribution in [3.63, 3.8) is 0 Å². The zero-order valence-electron chi connectivity index (χ0n) is 20.6. The predicted octanol–water partition coefficient (Wildman–Crippen LogP) is 3.33. The molecule has 9 heteroatoms. The molecule has 2 aromatic carbocycles. The van der Waals surface area contributed by atoms with Gasteiger partial charge in [-0.25, -0.2) is 8.42 Å². The molecule has 1 unspecified atom stereocenters. The first-order chi connectivity index (χ1) is 16.7. The number of carbonyl (C=O) groups excluding carboxylic acids is 2. The fourth-order valence-electron chi connectivity index (χ4n) is 4.33. The molecular formula is C26H35N3O5S. The highest BCUT2D eigenvalue weighted by molar-refractivity contribution is 7.92. The maximum Gasteiger partial charge on any atom is 0.244 e. The molecule has 0 radical (unpaired) electrons. The van der Waals surface area contributed by atoms with Crippen LogP contribution in [0.5, 0.6) is 5.75 Å². The Balaban J connectivity index is 1.86. The van der Waals surface area contributed by atoms with Gasteiger partial charge in [0.25, 0.3) is 0 Å². The van der Waals surface area contributed by atoms with E-state index in [2.05, 4.69) is 5.32 Å². The van der Waals surface area contributed by atoms with Gasteiger partial charge in [-0.3, -0.25) is 13.9 Å². The highest BCUT2D eigenvalue weighted by Crippen LogP contribution is 2.21. The summed E-state index contributed by atoms with van der Waals surface area (Å²) >= 11 is 0. The van der Waals surface area contributed by atoms with Crippen molar-refractivity contribution in [3.8, 4) is 5.75 Å². The number of hydrogen-bond donors (Lipinski definition) is 1. The topological polar surface area (TPSA) is 96.0 Å². The molecule has 0 saturated heterocycles. The Morgan fingerprint density at radius 2 is 1.74 bits per heavy atom.